The Morgan fingerprint density at radius 1 is 1.55 bits per heavy atom. The number of hydrogen-bond acceptors (Lipinski definition) is 6. The lowest BCUT2D eigenvalue weighted by Gasteiger charge is -2.24. The lowest BCUT2D eigenvalue weighted by atomic mass is 10.2. The number of aromatic nitrogens is 1. The summed E-state index contributed by atoms with van der Waals surface area (Å²) in [5.41, 5.74) is -0.570. The third-order valence-electron chi connectivity index (χ3n) is 2.02. The van der Waals surface area contributed by atoms with Crippen LogP contribution in [0, 0.1) is 5.44 Å². The van der Waals surface area contributed by atoms with Gasteiger partial charge in [0.15, 0.2) is 5.44 Å². The molecular formula is C13H19N2O3S2. The van der Waals surface area contributed by atoms with Gasteiger partial charge in [-0.2, -0.15) is 12.6 Å². The van der Waals surface area contributed by atoms with Gasteiger partial charge < -0.3 is 15.2 Å². The van der Waals surface area contributed by atoms with E-state index in [-0.39, 0.29) is 11.2 Å². The zero-order valence-electron chi connectivity index (χ0n) is 11.7. The molecule has 0 bridgehead atoms. The van der Waals surface area contributed by atoms with Crippen molar-refractivity contribution in [2.75, 3.05) is 5.75 Å². The predicted octanol–water partition coefficient (Wildman–Crippen LogP) is 2.86. The maximum absolute atomic E-state index is 11.7. The third-order valence-corrected chi connectivity index (χ3v) is 3.33. The van der Waals surface area contributed by atoms with Crippen LogP contribution in [0.4, 0.5) is 4.79 Å². The number of rotatable bonds is 5. The van der Waals surface area contributed by atoms with Gasteiger partial charge >= 0.3 is 6.09 Å². The fraction of sp³-hybridized carbons (Fsp3) is 0.462. The van der Waals surface area contributed by atoms with E-state index in [1.165, 1.54) is 0 Å². The molecule has 0 spiro atoms. The molecule has 0 fully saturated rings. The molecule has 1 heterocycles. The van der Waals surface area contributed by atoms with Crippen molar-refractivity contribution in [3.05, 3.63) is 29.8 Å². The number of carbonyl (C=O) groups is 1. The second-order valence-electron chi connectivity index (χ2n) is 4.99. The minimum atomic E-state index is -0.611. The standard InChI is InChI=1S/C13H19N2O3S2/c1-13(2,3)18-12(17)15-9(8-19)11(16)20-10-6-4-5-7-14-10/h4-7,9,16,19H,8H2,1-3H3,(H,15,17)/t9-/m0/s1. The number of nitrogens with one attached hydrogen (secondary N) is 1. The summed E-state index contributed by atoms with van der Waals surface area (Å²) in [6.07, 6.45) is 1.04. The molecule has 0 aliphatic heterocycles. The van der Waals surface area contributed by atoms with Crippen LogP contribution in [0.2, 0.25) is 0 Å². The van der Waals surface area contributed by atoms with Crippen molar-refractivity contribution in [3.8, 4) is 0 Å². The number of alkyl carbamates (subject to hydrolysis) is 1. The number of nitrogens with zero attached hydrogens (tertiary/aromatic N) is 1. The molecule has 1 amide bonds. The number of pyridine rings is 1. The Balaban J connectivity index is 2.55. The fourth-order valence-corrected chi connectivity index (χ4v) is 2.37. The zero-order valence-corrected chi connectivity index (χ0v) is 13.4. The first-order valence-corrected chi connectivity index (χ1v) is 7.52. The molecule has 2 N–H and O–H groups in total. The number of aliphatic hydroxyl groups excluding tert-OH is 1. The maximum atomic E-state index is 11.7. The van der Waals surface area contributed by atoms with E-state index in [2.05, 4.69) is 22.9 Å². The van der Waals surface area contributed by atoms with E-state index in [1.54, 1.807) is 39.1 Å². The Morgan fingerprint density at radius 2 is 2.25 bits per heavy atom. The average Bonchev–Trinajstić information content (AvgIpc) is 2.35. The lowest BCUT2D eigenvalue weighted by molar-refractivity contribution is 0.0502. The highest BCUT2D eigenvalue weighted by atomic mass is 32.2. The first kappa shape index (κ1) is 17.1. The summed E-state index contributed by atoms with van der Waals surface area (Å²) in [4.78, 5) is 15.8. The number of ether oxygens (including phenoxy) is 1. The largest absolute Gasteiger partial charge is 0.444 e. The van der Waals surface area contributed by atoms with Crippen molar-refractivity contribution in [2.45, 2.75) is 37.4 Å². The molecule has 1 rings (SSSR count). The van der Waals surface area contributed by atoms with E-state index in [9.17, 15) is 9.90 Å². The summed E-state index contributed by atoms with van der Waals surface area (Å²) in [6, 6.07) is 4.76. The Kier molecular flexibility index (Phi) is 6.64. The van der Waals surface area contributed by atoms with Crippen molar-refractivity contribution in [3.63, 3.8) is 0 Å². The lowest BCUT2D eigenvalue weighted by Crippen LogP contribution is -2.42. The highest BCUT2D eigenvalue weighted by molar-refractivity contribution is 8.01. The van der Waals surface area contributed by atoms with E-state index in [4.69, 9.17) is 4.74 Å². The van der Waals surface area contributed by atoms with Crippen LogP contribution in [-0.4, -0.2) is 33.6 Å². The molecule has 0 aromatic carbocycles. The van der Waals surface area contributed by atoms with E-state index in [0.29, 0.717) is 5.03 Å². The highest BCUT2D eigenvalue weighted by Gasteiger charge is 2.25. The third kappa shape index (κ3) is 6.49. The Bertz CT molecular complexity index is 423. The average molecular weight is 315 g/mol. The number of thiol groups is 1. The minimum absolute atomic E-state index is 0.0181. The molecule has 5 nitrogen and oxygen atoms in total. The zero-order chi connectivity index (χ0) is 15.2. The number of amides is 1. The van der Waals surface area contributed by atoms with Crippen LogP contribution in [0.15, 0.2) is 29.4 Å². The molecular weight excluding hydrogens is 296 g/mol. The van der Waals surface area contributed by atoms with Crippen LogP contribution < -0.4 is 5.32 Å². The van der Waals surface area contributed by atoms with Gasteiger partial charge in [0, 0.05) is 11.9 Å². The van der Waals surface area contributed by atoms with Crippen LogP contribution in [0.25, 0.3) is 0 Å². The second kappa shape index (κ2) is 7.75. The summed E-state index contributed by atoms with van der Waals surface area (Å²) in [6.45, 7) is 5.32. The van der Waals surface area contributed by atoms with Crippen LogP contribution in [-0.2, 0) is 4.74 Å². The normalized spacial score (nSPS) is 13.1. The van der Waals surface area contributed by atoms with E-state index in [1.807, 2.05) is 6.07 Å². The SMILES string of the molecule is CC(C)(C)OC(=O)N[C@@H](CS)[C](O)Sc1ccccn1. The summed E-state index contributed by atoms with van der Waals surface area (Å²) >= 11 is 5.20. The first-order valence-electron chi connectivity index (χ1n) is 6.07. The van der Waals surface area contributed by atoms with Gasteiger partial charge in [-0.15, -0.1) is 0 Å². The summed E-state index contributed by atoms with van der Waals surface area (Å²) in [5.74, 6) is 0.255. The van der Waals surface area contributed by atoms with Gasteiger partial charge in [-0.3, -0.25) is 0 Å². The van der Waals surface area contributed by atoms with Crippen LogP contribution in [0.3, 0.4) is 0 Å². The molecule has 0 aliphatic carbocycles. The smallest absolute Gasteiger partial charge is 0.408 e. The topological polar surface area (TPSA) is 71.5 Å². The Hall–Kier alpha value is -0.920. The molecule has 0 aliphatic rings. The Labute approximate surface area is 128 Å². The van der Waals surface area contributed by atoms with Crippen LogP contribution in [0.1, 0.15) is 20.8 Å². The van der Waals surface area contributed by atoms with Gasteiger partial charge in [-0.25, -0.2) is 9.78 Å². The number of aliphatic hydroxyl groups is 1. The van der Waals surface area contributed by atoms with Crippen molar-refractivity contribution >= 4 is 30.5 Å². The molecule has 0 unspecified atom stereocenters. The predicted molar refractivity (Wildman–Crippen MR) is 82.3 cm³/mol. The monoisotopic (exact) mass is 315 g/mol. The van der Waals surface area contributed by atoms with Crippen molar-refractivity contribution in [1.29, 1.82) is 0 Å². The first-order chi connectivity index (χ1) is 9.31. The van der Waals surface area contributed by atoms with Gasteiger partial charge in [0.25, 0.3) is 0 Å². The van der Waals surface area contributed by atoms with Crippen molar-refractivity contribution in [2.24, 2.45) is 0 Å². The molecule has 7 heteroatoms. The molecule has 1 aromatic heterocycles. The molecule has 1 radical (unpaired) electrons. The van der Waals surface area contributed by atoms with Gasteiger partial charge in [-0.05, 0) is 32.9 Å². The highest BCUT2D eigenvalue weighted by Crippen LogP contribution is 2.27. The van der Waals surface area contributed by atoms with Gasteiger partial charge in [0.2, 0.25) is 0 Å². The molecule has 1 atom stereocenters. The second-order valence-corrected chi connectivity index (χ2v) is 6.40. The number of thioether (sulfide) groups is 1. The maximum Gasteiger partial charge on any atom is 0.408 e. The minimum Gasteiger partial charge on any atom is -0.444 e. The van der Waals surface area contributed by atoms with E-state index in [0.717, 1.165) is 11.8 Å². The van der Waals surface area contributed by atoms with Crippen LogP contribution in [0.5, 0.6) is 0 Å². The van der Waals surface area contributed by atoms with E-state index < -0.39 is 17.7 Å². The van der Waals surface area contributed by atoms with Gasteiger partial charge in [-0.1, -0.05) is 17.8 Å². The molecule has 0 saturated heterocycles. The fourth-order valence-electron chi connectivity index (χ4n) is 1.22. The summed E-state index contributed by atoms with van der Waals surface area (Å²) < 4.78 is 5.14. The molecule has 111 valence electrons. The molecule has 20 heavy (non-hydrogen) atoms. The van der Waals surface area contributed by atoms with Crippen LogP contribution >= 0.6 is 24.4 Å². The van der Waals surface area contributed by atoms with E-state index >= 15 is 0 Å². The Morgan fingerprint density at radius 3 is 2.75 bits per heavy atom. The van der Waals surface area contributed by atoms with Crippen molar-refractivity contribution < 1.29 is 14.6 Å². The molecule has 1 aromatic rings. The quantitative estimate of drug-likeness (QED) is 0.576. The van der Waals surface area contributed by atoms with Crippen molar-refractivity contribution in [1.82, 2.24) is 10.3 Å². The number of hydrogen-bond donors (Lipinski definition) is 3. The van der Waals surface area contributed by atoms with Gasteiger partial charge in [0.1, 0.15) is 5.60 Å². The summed E-state index contributed by atoms with van der Waals surface area (Å²) in [7, 11) is 0. The molecule has 0 saturated carbocycles. The number of carbonyl (C=O) groups excluding carboxylic acids is 1. The summed E-state index contributed by atoms with van der Waals surface area (Å²) in [5, 5.41) is 13.2. The van der Waals surface area contributed by atoms with Gasteiger partial charge in [0.05, 0.1) is 11.1 Å².